The maximum atomic E-state index is 3.78. The van der Waals surface area contributed by atoms with E-state index in [-0.39, 0.29) is 0 Å². The minimum absolute atomic E-state index is 1.15. The van der Waals surface area contributed by atoms with E-state index >= 15 is 0 Å². The SMILES string of the molecule is C=Cc1cccc2ccccc12.CC[PH](c1ccccc1)(c1ccccc1)c1cccc2ccccc12. The van der Waals surface area contributed by atoms with Crippen LogP contribution in [0.1, 0.15) is 12.5 Å². The van der Waals surface area contributed by atoms with E-state index in [1.54, 1.807) is 0 Å². The molecular weight excluding hydrogens is 463 g/mol. The van der Waals surface area contributed by atoms with Crippen LogP contribution in [-0.4, -0.2) is 6.16 Å². The predicted octanol–water partition coefficient (Wildman–Crippen LogP) is 8.37. The summed E-state index contributed by atoms with van der Waals surface area (Å²) in [5, 5.41) is 9.76. The molecule has 0 atom stereocenters. The summed E-state index contributed by atoms with van der Waals surface area (Å²) < 4.78 is 0. The number of fused-ring (bicyclic) bond motifs is 2. The van der Waals surface area contributed by atoms with Crippen LogP contribution in [0.25, 0.3) is 27.6 Å². The summed E-state index contributed by atoms with van der Waals surface area (Å²) in [6, 6.07) is 52.4. The summed E-state index contributed by atoms with van der Waals surface area (Å²) >= 11 is 0. The number of hydrogen-bond acceptors (Lipinski definition) is 0. The molecule has 0 fully saturated rings. The fourth-order valence-corrected chi connectivity index (χ4v) is 10.3. The van der Waals surface area contributed by atoms with Crippen LogP contribution in [0.15, 0.2) is 152 Å². The molecule has 6 aromatic carbocycles. The Bertz CT molecular complexity index is 1570. The molecule has 0 spiro atoms. The van der Waals surface area contributed by atoms with Crippen LogP contribution in [0.4, 0.5) is 0 Å². The molecular formula is C36H33P. The summed E-state index contributed by atoms with van der Waals surface area (Å²) in [7, 11) is -2.06. The topological polar surface area (TPSA) is 0 Å². The van der Waals surface area contributed by atoms with Gasteiger partial charge in [-0.05, 0) is 16.3 Å². The first kappa shape index (κ1) is 24.7. The van der Waals surface area contributed by atoms with Crippen molar-refractivity contribution in [3.8, 4) is 0 Å². The third kappa shape index (κ3) is 4.86. The van der Waals surface area contributed by atoms with Crippen LogP contribution in [0.2, 0.25) is 0 Å². The van der Waals surface area contributed by atoms with Crippen LogP contribution < -0.4 is 15.9 Å². The summed E-state index contributed by atoms with van der Waals surface area (Å²) in [4.78, 5) is 0. The Balaban J connectivity index is 0.000000195. The zero-order valence-electron chi connectivity index (χ0n) is 21.3. The number of hydrogen-bond donors (Lipinski definition) is 0. The molecule has 0 amide bonds. The van der Waals surface area contributed by atoms with Crippen LogP contribution in [0.5, 0.6) is 0 Å². The molecule has 0 aliphatic rings. The van der Waals surface area contributed by atoms with Crippen LogP contribution in [-0.2, 0) is 0 Å². The van der Waals surface area contributed by atoms with Crippen molar-refractivity contribution >= 4 is 50.8 Å². The van der Waals surface area contributed by atoms with E-state index in [4.69, 9.17) is 0 Å². The molecule has 0 aromatic heterocycles. The molecule has 0 saturated heterocycles. The Morgan fingerprint density at radius 3 is 1.54 bits per heavy atom. The van der Waals surface area contributed by atoms with Gasteiger partial charge in [0, 0.05) is 0 Å². The van der Waals surface area contributed by atoms with Gasteiger partial charge in [-0.3, -0.25) is 0 Å². The van der Waals surface area contributed by atoms with Gasteiger partial charge in [0.25, 0.3) is 0 Å². The van der Waals surface area contributed by atoms with Gasteiger partial charge in [0.05, 0.1) is 0 Å². The van der Waals surface area contributed by atoms with E-state index in [1.165, 1.54) is 43.0 Å². The first-order valence-electron chi connectivity index (χ1n) is 13.0. The van der Waals surface area contributed by atoms with Gasteiger partial charge in [-0.25, -0.2) is 0 Å². The second kappa shape index (κ2) is 11.4. The van der Waals surface area contributed by atoms with E-state index in [9.17, 15) is 0 Å². The normalized spacial score (nSPS) is 11.5. The van der Waals surface area contributed by atoms with Crippen molar-refractivity contribution in [3.63, 3.8) is 0 Å². The zero-order chi connectivity index (χ0) is 25.5. The molecule has 0 aliphatic carbocycles. The van der Waals surface area contributed by atoms with Gasteiger partial charge in [-0.15, -0.1) is 0 Å². The Morgan fingerprint density at radius 1 is 0.514 bits per heavy atom. The van der Waals surface area contributed by atoms with Gasteiger partial charge in [0.1, 0.15) is 0 Å². The Kier molecular flexibility index (Phi) is 7.59. The molecule has 0 bridgehead atoms. The number of rotatable bonds is 5. The average Bonchev–Trinajstić information content (AvgIpc) is 2.99. The molecule has 0 heterocycles. The molecule has 0 nitrogen and oxygen atoms in total. The Morgan fingerprint density at radius 2 is 0.973 bits per heavy atom. The third-order valence-electron chi connectivity index (χ3n) is 7.36. The van der Waals surface area contributed by atoms with E-state index in [0.717, 1.165) is 6.16 Å². The maximum absolute atomic E-state index is 3.78. The molecule has 0 N–H and O–H groups in total. The van der Waals surface area contributed by atoms with Crippen LogP contribution >= 0.6 is 7.26 Å². The van der Waals surface area contributed by atoms with Crippen molar-refractivity contribution in [2.45, 2.75) is 6.92 Å². The number of benzene rings is 6. The minimum atomic E-state index is -2.06. The molecule has 1 heteroatoms. The first-order chi connectivity index (χ1) is 18.3. The van der Waals surface area contributed by atoms with Crippen molar-refractivity contribution in [2.75, 3.05) is 6.16 Å². The van der Waals surface area contributed by atoms with Crippen molar-refractivity contribution in [2.24, 2.45) is 0 Å². The molecule has 0 saturated carbocycles. The van der Waals surface area contributed by atoms with Crippen molar-refractivity contribution in [3.05, 3.63) is 158 Å². The van der Waals surface area contributed by atoms with Gasteiger partial charge >= 0.3 is 150 Å². The van der Waals surface area contributed by atoms with E-state index in [0.29, 0.717) is 0 Å². The van der Waals surface area contributed by atoms with Crippen molar-refractivity contribution in [1.82, 2.24) is 0 Å². The molecule has 0 unspecified atom stereocenters. The first-order valence-corrected chi connectivity index (χ1v) is 15.2. The average molecular weight is 497 g/mol. The summed E-state index contributed by atoms with van der Waals surface area (Å²) in [6.07, 6.45) is 3.04. The van der Waals surface area contributed by atoms with Gasteiger partial charge in [0.2, 0.25) is 0 Å². The van der Waals surface area contributed by atoms with Crippen LogP contribution in [0.3, 0.4) is 0 Å². The summed E-state index contributed by atoms with van der Waals surface area (Å²) in [5.41, 5.74) is 1.20. The summed E-state index contributed by atoms with van der Waals surface area (Å²) in [6.45, 7) is 6.14. The van der Waals surface area contributed by atoms with E-state index < -0.39 is 7.26 Å². The van der Waals surface area contributed by atoms with Gasteiger partial charge in [0.15, 0.2) is 0 Å². The second-order valence-corrected chi connectivity index (χ2v) is 13.5. The second-order valence-electron chi connectivity index (χ2n) is 9.29. The molecule has 0 radical (unpaired) electrons. The standard InChI is InChI=1S/C24H23P.C12H10/c1-2-25(21-14-5-3-6-15-21,22-16-7-4-8-17-22)24-19-11-13-20-12-9-10-18-23(20)24;1-2-10-7-5-8-11-6-3-4-9-12(10)11/h3-19,25H,2H2,1H3;2-9H,1H2. The van der Waals surface area contributed by atoms with E-state index in [2.05, 4.69) is 159 Å². The predicted molar refractivity (Wildman–Crippen MR) is 169 cm³/mol. The molecule has 182 valence electrons. The third-order valence-corrected chi connectivity index (χ3v) is 12.4. The molecule has 6 aromatic rings. The zero-order valence-corrected chi connectivity index (χ0v) is 22.3. The van der Waals surface area contributed by atoms with Gasteiger partial charge < -0.3 is 0 Å². The van der Waals surface area contributed by atoms with Crippen LogP contribution in [0, 0.1) is 0 Å². The Hall–Kier alpha value is -3.99. The van der Waals surface area contributed by atoms with Crippen molar-refractivity contribution in [1.29, 1.82) is 0 Å². The van der Waals surface area contributed by atoms with Crippen molar-refractivity contribution < 1.29 is 0 Å². The monoisotopic (exact) mass is 496 g/mol. The quantitative estimate of drug-likeness (QED) is 0.210. The molecule has 37 heavy (non-hydrogen) atoms. The van der Waals surface area contributed by atoms with Gasteiger partial charge in [-0.2, -0.15) is 0 Å². The van der Waals surface area contributed by atoms with Gasteiger partial charge in [-0.1, -0.05) is 55.1 Å². The fraction of sp³-hybridized carbons (Fsp3) is 0.0556. The molecule has 0 aliphatic heterocycles. The molecule has 6 rings (SSSR count). The Labute approximate surface area is 221 Å². The summed E-state index contributed by atoms with van der Waals surface area (Å²) in [5.74, 6) is 0. The fourth-order valence-electron chi connectivity index (χ4n) is 5.55. The van der Waals surface area contributed by atoms with E-state index in [1.807, 2.05) is 6.08 Å².